The molecule has 0 radical (unpaired) electrons. The summed E-state index contributed by atoms with van der Waals surface area (Å²) in [6, 6.07) is 8.56. The van der Waals surface area contributed by atoms with Gasteiger partial charge in [-0.05, 0) is 0 Å². The van der Waals surface area contributed by atoms with Gasteiger partial charge in [-0.25, -0.2) is 0 Å². The smallest absolute Gasteiger partial charge is 0.314 e. The molecular weight excluding hydrogens is 210 g/mol. The minimum absolute atomic E-state index is 1.21. The SMILES string of the molecule is C=Cc1ccc([CH2][Na])cc1.O=[PH](O)O. The van der Waals surface area contributed by atoms with Gasteiger partial charge in [-0.3, -0.25) is 4.57 Å². The number of hydrogen-bond donors (Lipinski definition) is 2. The second kappa shape index (κ2) is 8.42. The fourth-order valence-corrected chi connectivity index (χ4v) is 1.36. The van der Waals surface area contributed by atoms with Gasteiger partial charge in [0.05, 0.1) is 0 Å². The summed E-state index contributed by atoms with van der Waals surface area (Å²) < 4.78 is 9.99. The van der Waals surface area contributed by atoms with Crippen molar-refractivity contribution in [3.63, 3.8) is 0 Å². The van der Waals surface area contributed by atoms with E-state index in [1.165, 1.54) is 42.7 Å². The molecule has 0 saturated heterocycles. The van der Waals surface area contributed by atoms with Gasteiger partial charge < -0.3 is 9.79 Å². The predicted octanol–water partition coefficient (Wildman–Crippen LogP) is 1.36. The Hall–Kier alpha value is 0.110. The molecule has 0 fully saturated rings. The average molecular weight is 222 g/mol. The second-order valence-corrected chi connectivity index (χ2v) is 3.85. The van der Waals surface area contributed by atoms with Crippen molar-refractivity contribution in [1.82, 2.24) is 0 Å². The van der Waals surface area contributed by atoms with Crippen LogP contribution in [0.3, 0.4) is 0 Å². The average Bonchev–Trinajstić information content (AvgIpc) is 2.17. The molecule has 0 amide bonds. The summed E-state index contributed by atoms with van der Waals surface area (Å²) in [5.74, 6) is 0. The van der Waals surface area contributed by atoms with Crippen LogP contribution < -0.4 is 0 Å². The molecule has 0 bridgehead atoms. The van der Waals surface area contributed by atoms with Crippen LogP contribution in [0.1, 0.15) is 11.1 Å². The molecule has 5 heteroatoms. The van der Waals surface area contributed by atoms with Gasteiger partial charge in [0.2, 0.25) is 0 Å². The first kappa shape index (κ1) is 14.1. The third-order valence-corrected chi connectivity index (χ3v) is 2.44. The third kappa shape index (κ3) is 7.51. The van der Waals surface area contributed by atoms with Crippen molar-refractivity contribution in [1.29, 1.82) is 0 Å². The van der Waals surface area contributed by atoms with Crippen LogP contribution >= 0.6 is 8.25 Å². The van der Waals surface area contributed by atoms with Gasteiger partial charge in [0, 0.05) is 0 Å². The van der Waals surface area contributed by atoms with E-state index in [-0.39, 0.29) is 0 Å². The molecule has 0 spiro atoms. The molecule has 0 aliphatic rings. The molecule has 14 heavy (non-hydrogen) atoms. The van der Waals surface area contributed by atoms with Gasteiger partial charge in [-0.1, -0.05) is 0 Å². The maximum absolute atomic E-state index is 8.74. The fraction of sp³-hybridized carbons (Fsp3) is 0.111. The molecule has 0 aromatic heterocycles. The van der Waals surface area contributed by atoms with Gasteiger partial charge in [-0.15, -0.1) is 0 Å². The first-order chi connectivity index (χ1) is 6.60. The van der Waals surface area contributed by atoms with Crippen molar-refractivity contribution in [3.8, 4) is 0 Å². The monoisotopic (exact) mass is 222 g/mol. The van der Waals surface area contributed by atoms with E-state index in [9.17, 15) is 0 Å². The fourth-order valence-electron chi connectivity index (χ4n) is 0.889. The van der Waals surface area contributed by atoms with Gasteiger partial charge in [-0.2, -0.15) is 0 Å². The summed E-state index contributed by atoms with van der Waals surface area (Å²) in [6.07, 6.45) is 1.87. The van der Waals surface area contributed by atoms with Crippen LogP contribution in [-0.4, -0.2) is 37.7 Å². The van der Waals surface area contributed by atoms with Crippen LogP contribution in [0.5, 0.6) is 0 Å². The van der Waals surface area contributed by atoms with Crippen LogP contribution in [0.25, 0.3) is 6.08 Å². The maximum atomic E-state index is 8.74. The molecule has 1 rings (SSSR count). The molecular formula is C9H12NaO3P. The normalized spacial score (nSPS) is 9.21. The standard InChI is InChI=1S/C9H9.Na.H3O3P/c1-3-9-6-4-8(2)5-7-9;;1-4(2)3/h3-7H,1-2H2;;4H,(H2,1,2,3). The summed E-state index contributed by atoms with van der Waals surface area (Å²) in [7, 11) is -3.13. The van der Waals surface area contributed by atoms with Gasteiger partial charge in [0.25, 0.3) is 0 Å². The van der Waals surface area contributed by atoms with E-state index in [0.717, 1.165) is 0 Å². The molecule has 1 aromatic carbocycles. The first-order valence-electron chi connectivity index (χ1n) is 4.23. The molecule has 2 N–H and O–H groups in total. The Balaban J connectivity index is 0.000000364. The molecule has 0 unspecified atom stereocenters. The quantitative estimate of drug-likeness (QED) is 0.586. The van der Waals surface area contributed by atoms with E-state index < -0.39 is 8.25 Å². The number of benzene rings is 1. The van der Waals surface area contributed by atoms with Crippen LogP contribution in [0.2, 0.25) is 0 Å². The van der Waals surface area contributed by atoms with Crippen molar-refractivity contribution in [3.05, 3.63) is 42.0 Å². The molecule has 0 aliphatic carbocycles. The summed E-state index contributed by atoms with van der Waals surface area (Å²) in [4.78, 5) is 14.3. The molecule has 0 aliphatic heterocycles. The van der Waals surface area contributed by atoms with Crippen LogP contribution in [-0.2, 0) is 8.24 Å². The van der Waals surface area contributed by atoms with Gasteiger partial charge in [0.15, 0.2) is 0 Å². The summed E-state index contributed by atoms with van der Waals surface area (Å²) >= 11 is 1.25. The predicted molar refractivity (Wildman–Crippen MR) is 59.4 cm³/mol. The van der Waals surface area contributed by atoms with Crippen LogP contribution in [0.15, 0.2) is 30.8 Å². The van der Waals surface area contributed by atoms with Crippen molar-refractivity contribution in [2.45, 2.75) is 3.67 Å². The Morgan fingerprint density at radius 1 is 1.36 bits per heavy atom. The number of rotatable bonds is 2. The zero-order valence-corrected chi connectivity index (χ0v) is 11.1. The zero-order valence-electron chi connectivity index (χ0n) is 8.10. The van der Waals surface area contributed by atoms with E-state index in [4.69, 9.17) is 14.4 Å². The summed E-state index contributed by atoms with van der Waals surface area (Å²) in [6.45, 7) is 3.70. The van der Waals surface area contributed by atoms with Gasteiger partial charge >= 0.3 is 87.9 Å². The Labute approximate surface area is 102 Å². The van der Waals surface area contributed by atoms with Crippen molar-refractivity contribution >= 4 is 42.3 Å². The molecule has 0 heterocycles. The van der Waals surface area contributed by atoms with Crippen molar-refractivity contribution in [2.24, 2.45) is 0 Å². The minimum Gasteiger partial charge on any atom is -0.326 e. The Bertz CT molecular complexity index is 293. The summed E-state index contributed by atoms with van der Waals surface area (Å²) in [5, 5.41) is 0. The Kier molecular flexibility index (Phi) is 8.49. The minimum atomic E-state index is -3.13. The molecule has 3 nitrogen and oxygen atoms in total. The van der Waals surface area contributed by atoms with Crippen LogP contribution in [0, 0.1) is 0 Å². The Morgan fingerprint density at radius 3 is 2.07 bits per heavy atom. The van der Waals surface area contributed by atoms with E-state index in [0.29, 0.717) is 0 Å². The molecule has 1 aromatic rings. The van der Waals surface area contributed by atoms with Crippen molar-refractivity contribution < 1.29 is 14.4 Å². The van der Waals surface area contributed by atoms with Crippen molar-refractivity contribution in [2.75, 3.05) is 0 Å². The van der Waals surface area contributed by atoms with Crippen LogP contribution in [0.4, 0.5) is 0 Å². The maximum Gasteiger partial charge on any atom is 0.314 e. The van der Waals surface area contributed by atoms with E-state index >= 15 is 0 Å². The topological polar surface area (TPSA) is 57.5 Å². The molecule has 0 saturated carbocycles. The second-order valence-electron chi connectivity index (χ2n) is 2.58. The Morgan fingerprint density at radius 2 is 1.79 bits per heavy atom. The molecule has 72 valence electrons. The number of hydrogen-bond acceptors (Lipinski definition) is 1. The first-order valence-corrected chi connectivity index (χ1v) is 6.95. The van der Waals surface area contributed by atoms with E-state index in [1.54, 1.807) is 0 Å². The largest absolute Gasteiger partial charge is 0.326 e. The third-order valence-electron chi connectivity index (χ3n) is 1.62. The van der Waals surface area contributed by atoms with E-state index in [2.05, 4.69) is 30.8 Å². The van der Waals surface area contributed by atoms with E-state index in [1.807, 2.05) is 6.08 Å². The molecule has 0 atom stereocenters. The zero-order chi connectivity index (χ0) is 11.0. The summed E-state index contributed by atoms with van der Waals surface area (Å²) in [5.41, 5.74) is 2.65. The van der Waals surface area contributed by atoms with Gasteiger partial charge in [0.1, 0.15) is 0 Å².